The molecule has 0 radical (unpaired) electrons. The largest absolute Gasteiger partial charge is 0.468 e. The van der Waals surface area contributed by atoms with Crippen LogP contribution in [0.1, 0.15) is 61.7 Å². The number of hydrogen-bond donors (Lipinski definition) is 0. The van der Waals surface area contributed by atoms with E-state index in [1.54, 1.807) is 26.0 Å². The molecule has 7 heteroatoms. The van der Waals surface area contributed by atoms with Gasteiger partial charge in [-0.05, 0) is 45.6 Å². The van der Waals surface area contributed by atoms with E-state index < -0.39 is 0 Å². The van der Waals surface area contributed by atoms with Crippen LogP contribution in [0.2, 0.25) is 0 Å². The topological polar surface area (TPSA) is 91.8 Å². The molecule has 1 saturated carbocycles. The van der Waals surface area contributed by atoms with Crippen LogP contribution in [0.25, 0.3) is 0 Å². The fraction of sp³-hybridized carbons (Fsp3) is 0.464. The highest BCUT2D eigenvalue weighted by atomic mass is 16.6. The summed E-state index contributed by atoms with van der Waals surface area (Å²) in [4.78, 5) is 23.7. The molecule has 5 atom stereocenters. The molecule has 2 aromatic rings. The predicted molar refractivity (Wildman–Crippen MR) is 132 cm³/mol. The van der Waals surface area contributed by atoms with Crippen molar-refractivity contribution in [1.82, 2.24) is 0 Å². The summed E-state index contributed by atoms with van der Waals surface area (Å²) >= 11 is 0. The summed E-state index contributed by atoms with van der Waals surface area (Å²) in [7, 11) is 1.49. The van der Waals surface area contributed by atoms with Gasteiger partial charge in [-0.15, -0.1) is 0 Å². The van der Waals surface area contributed by atoms with E-state index >= 15 is 0 Å². The molecule has 0 bridgehead atoms. The standard InChI is InChI=1S/C28H31NO6/c1-15-11-16(2)24-27(5,12-15)25(19-7-9-20(10-8-19)29(31)32)28(24)13-21(34-14-28)23-17(3)22(30)18(4)26(33-6)35-23/h7-12,21,24-25H,13-14H2,1-6H3/t21-,24-,25-,27+,28+/m1/s1. The second-order valence-corrected chi connectivity index (χ2v) is 10.6. The number of ether oxygens (including phenoxy) is 2. The van der Waals surface area contributed by atoms with E-state index in [0.29, 0.717) is 29.9 Å². The Morgan fingerprint density at radius 3 is 2.40 bits per heavy atom. The molecule has 2 fully saturated rings. The van der Waals surface area contributed by atoms with Crippen LogP contribution in [0.15, 0.2) is 56.8 Å². The molecule has 0 unspecified atom stereocenters. The molecular formula is C28H31NO6. The van der Waals surface area contributed by atoms with E-state index in [9.17, 15) is 14.9 Å². The molecular weight excluding hydrogens is 446 g/mol. The first kappa shape index (κ1) is 23.5. The van der Waals surface area contributed by atoms with Crippen molar-refractivity contribution in [1.29, 1.82) is 0 Å². The molecule has 35 heavy (non-hydrogen) atoms. The number of allylic oxidation sites excluding steroid dienone is 4. The summed E-state index contributed by atoms with van der Waals surface area (Å²) in [5, 5.41) is 11.3. The highest BCUT2D eigenvalue weighted by Crippen LogP contribution is 2.76. The minimum atomic E-state index is -0.373. The minimum Gasteiger partial charge on any atom is -0.468 e. The van der Waals surface area contributed by atoms with Crippen LogP contribution in [0, 0.1) is 40.7 Å². The number of hydrogen-bond acceptors (Lipinski definition) is 6. The number of non-ortho nitro benzene ring substituents is 1. The van der Waals surface area contributed by atoms with Crippen LogP contribution in [0.5, 0.6) is 5.95 Å². The van der Waals surface area contributed by atoms with Gasteiger partial charge < -0.3 is 13.9 Å². The Bertz CT molecular complexity index is 1340. The first-order valence-corrected chi connectivity index (χ1v) is 12.0. The lowest BCUT2D eigenvalue weighted by atomic mass is 9.35. The Hall–Kier alpha value is -3.19. The van der Waals surface area contributed by atoms with Gasteiger partial charge in [0.1, 0.15) is 11.9 Å². The molecule has 2 heterocycles. The van der Waals surface area contributed by atoms with E-state index in [1.807, 2.05) is 12.1 Å². The van der Waals surface area contributed by atoms with Gasteiger partial charge in [0.15, 0.2) is 5.43 Å². The molecule has 5 rings (SSSR count). The Morgan fingerprint density at radius 1 is 1.09 bits per heavy atom. The number of fused-ring (bicyclic) bond motifs is 2. The molecule has 2 aliphatic carbocycles. The van der Waals surface area contributed by atoms with Gasteiger partial charge in [0.2, 0.25) is 0 Å². The normalized spacial score (nSPS) is 31.4. The van der Waals surface area contributed by atoms with Crippen molar-refractivity contribution < 1.29 is 18.8 Å². The molecule has 3 aliphatic rings. The maximum atomic E-state index is 12.8. The van der Waals surface area contributed by atoms with Gasteiger partial charge >= 0.3 is 0 Å². The summed E-state index contributed by atoms with van der Waals surface area (Å²) in [5.74, 6) is 1.10. The van der Waals surface area contributed by atoms with Crippen LogP contribution in [0.3, 0.4) is 0 Å². The third-order valence-electron chi connectivity index (χ3n) is 8.44. The zero-order valence-electron chi connectivity index (χ0n) is 21.0. The molecule has 1 aromatic carbocycles. The van der Waals surface area contributed by atoms with Crippen molar-refractivity contribution in [3.05, 3.63) is 90.4 Å². The summed E-state index contributed by atoms with van der Waals surface area (Å²) in [5.41, 5.74) is 4.23. The quantitative estimate of drug-likeness (QED) is 0.399. The van der Waals surface area contributed by atoms with Gasteiger partial charge in [0, 0.05) is 34.4 Å². The molecule has 1 spiro atoms. The third-order valence-corrected chi connectivity index (χ3v) is 8.44. The average Bonchev–Trinajstić information content (AvgIpc) is 3.23. The maximum absolute atomic E-state index is 12.8. The van der Waals surface area contributed by atoms with Crippen molar-refractivity contribution in [2.75, 3.05) is 13.7 Å². The van der Waals surface area contributed by atoms with Gasteiger partial charge in [-0.25, -0.2) is 0 Å². The first-order valence-electron chi connectivity index (χ1n) is 12.0. The van der Waals surface area contributed by atoms with Crippen molar-refractivity contribution in [2.45, 2.75) is 53.1 Å². The second kappa shape index (κ2) is 7.92. The maximum Gasteiger partial charge on any atom is 0.291 e. The number of nitro benzene ring substituents is 1. The predicted octanol–water partition coefficient (Wildman–Crippen LogP) is 5.95. The van der Waals surface area contributed by atoms with Crippen molar-refractivity contribution in [3.63, 3.8) is 0 Å². The zero-order valence-corrected chi connectivity index (χ0v) is 21.0. The highest BCUT2D eigenvalue weighted by molar-refractivity contribution is 5.48. The van der Waals surface area contributed by atoms with Crippen LogP contribution in [-0.4, -0.2) is 18.6 Å². The van der Waals surface area contributed by atoms with Gasteiger partial charge in [-0.3, -0.25) is 14.9 Å². The zero-order chi connectivity index (χ0) is 25.3. The average molecular weight is 478 g/mol. The van der Waals surface area contributed by atoms with E-state index in [2.05, 4.69) is 32.9 Å². The Morgan fingerprint density at radius 2 is 1.77 bits per heavy atom. The molecule has 0 amide bonds. The smallest absolute Gasteiger partial charge is 0.291 e. The van der Waals surface area contributed by atoms with Crippen molar-refractivity contribution in [2.24, 2.45) is 16.7 Å². The fourth-order valence-electron chi connectivity index (χ4n) is 7.57. The monoisotopic (exact) mass is 477 g/mol. The van der Waals surface area contributed by atoms with Crippen LogP contribution in [-0.2, 0) is 4.74 Å². The summed E-state index contributed by atoms with van der Waals surface area (Å²) < 4.78 is 17.8. The van der Waals surface area contributed by atoms with Crippen LogP contribution >= 0.6 is 0 Å². The van der Waals surface area contributed by atoms with E-state index in [1.165, 1.54) is 18.3 Å². The Kier molecular flexibility index (Phi) is 5.33. The number of nitrogens with zero attached hydrogens (tertiary/aromatic N) is 1. The van der Waals surface area contributed by atoms with E-state index in [4.69, 9.17) is 13.9 Å². The summed E-state index contributed by atoms with van der Waals surface area (Å²) in [6.45, 7) is 10.6. The first-order chi connectivity index (χ1) is 16.5. The summed E-state index contributed by atoms with van der Waals surface area (Å²) in [6, 6.07) is 6.94. The number of nitro groups is 1. The molecule has 1 saturated heterocycles. The lowest BCUT2D eigenvalue weighted by molar-refractivity contribution is -0.384. The molecule has 0 N–H and O–H groups in total. The van der Waals surface area contributed by atoms with Crippen LogP contribution in [0.4, 0.5) is 5.69 Å². The van der Waals surface area contributed by atoms with Gasteiger partial charge in [-0.1, -0.05) is 42.4 Å². The fourth-order valence-corrected chi connectivity index (χ4v) is 7.57. The Labute approximate surface area is 204 Å². The van der Waals surface area contributed by atoms with Crippen molar-refractivity contribution >= 4 is 5.69 Å². The third kappa shape index (κ3) is 3.24. The van der Waals surface area contributed by atoms with Crippen molar-refractivity contribution in [3.8, 4) is 5.95 Å². The van der Waals surface area contributed by atoms with Gasteiger partial charge in [-0.2, -0.15) is 0 Å². The minimum absolute atomic E-state index is 0.0833. The number of benzene rings is 1. The lowest BCUT2D eigenvalue weighted by Gasteiger charge is -2.67. The molecule has 1 aliphatic heterocycles. The molecule has 1 aromatic heterocycles. The van der Waals surface area contributed by atoms with E-state index in [0.717, 1.165) is 5.56 Å². The SMILES string of the molecule is COc1oc([C@H]2C[C@]3(CO2)[C@@H]2C(C)=CC(C)=C[C@]2(C)[C@H]3c2ccc([N+](=O)[O-])cc2)c(C)c(=O)c1C. The van der Waals surface area contributed by atoms with Gasteiger partial charge in [0.05, 0.1) is 24.2 Å². The van der Waals surface area contributed by atoms with E-state index in [-0.39, 0.29) is 50.8 Å². The summed E-state index contributed by atoms with van der Waals surface area (Å²) in [6.07, 6.45) is 4.90. The highest BCUT2D eigenvalue weighted by Gasteiger charge is 2.71. The molecule has 184 valence electrons. The van der Waals surface area contributed by atoms with Crippen LogP contribution < -0.4 is 10.2 Å². The Balaban J connectivity index is 1.60. The molecule has 7 nitrogen and oxygen atoms in total. The lowest BCUT2D eigenvalue weighted by Crippen LogP contribution is -2.62. The second-order valence-electron chi connectivity index (χ2n) is 10.6. The van der Waals surface area contributed by atoms with Gasteiger partial charge in [0.25, 0.3) is 11.6 Å². The number of methoxy groups -OCH3 is 1. The number of rotatable bonds is 4.